The van der Waals surface area contributed by atoms with Gasteiger partial charge in [-0.3, -0.25) is 10.1 Å². The standard InChI is InChI=1S/C11H15BrN4O2/c1-7-6-15(8(2)4-13-7)11-10(16(17)18)3-9(12)5-14-11/h3,5,7-8,13H,4,6H2,1-2H3. The molecule has 1 fully saturated rings. The van der Waals surface area contributed by atoms with Crippen molar-refractivity contribution >= 4 is 27.4 Å². The second-order valence-electron chi connectivity index (χ2n) is 4.56. The first-order valence-corrected chi connectivity index (χ1v) is 6.58. The molecule has 18 heavy (non-hydrogen) atoms. The van der Waals surface area contributed by atoms with Crippen LogP contribution in [0.3, 0.4) is 0 Å². The summed E-state index contributed by atoms with van der Waals surface area (Å²) in [5.41, 5.74) is 0.0466. The molecule has 1 aromatic rings. The average Bonchev–Trinajstić information content (AvgIpc) is 2.32. The summed E-state index contributed by atoms with van der Waals surface area (Å²) in [5, 5.41) is 14.5. The fourth-order valence-electron chi connectivity index (χ4n) is 2.09. The van der Waals surface area contributed by atoms with Crippen LogP contribution in [0.1, 0.15) is 13.8 Å². The van der Waals surface area contributed by atoms with E-state index in [0.29, 0.717) is 16.3 Å². The fourth-order valence-corrected chi connectivity index (χ4v) is 2.41. The van der Waals surface area contributed by atoms with E-state index in [1.807, 2.05) is 11.8 Å². The van der Waals surface area contributed by atoms with Crippen LogP contribution in [0.25, 0.3) is 0 Å². The lowest BCUT2D eigenvalue weighted by Gasteiger charge is -2.37. The number of rotatable bonds is 2. The van der Waals surface area contributed by atoms with Gasteiger partial charge in [0.25, 0.3) is 0 Å². The molecule has 0 aliphatic carbocycles. The number of nitrogens with one attached hydrogen (secondary N) is 1. The number of nitro groups is 1. The molecular weight excluding hydrogens is 300 g/mol. The van der Waals surface area contributed by atoms with Gasteiger partial charge < -0.3 is 10.2 Å². The molecule has 0 saturated carbocycles. The maximum Gasteiger partial charge on any atom is 0.312 e. The molecule has 0 radical (unpaired) electrons. The molecule has 1 aliphatic heterocycles. The summed E-state index contributed by atoms with van der Waals surface area (Å²) >= 11 is 3.22. The van der Waals surface area contributed by atoms with Crippen LogP contribution in [-0.4, -0.2) is 35.1 Å². The highest BCUT2D eigenvalue weighted by molar-refractivity contribution is 9.10. The van der Waals surface area contributed by atoms with Crippen LogP contribution in [-0.2, 0) is 0 Å². The Bertz CT molecular complexity index is 468. The number of pyridine rings is 1. The number of anilines is 1. The van der Waals surface area contributed by atoms with Gasteiger partial charge in [-0.2, -0.15) is 0 Å². The summed E-state index contributed by atoms with van der Waals surface area (Å²) in [6, 6.07) is 1.99. The number of hydrogen-bond donors (Lipinski definition) is 1. The lowest BCUT2D eigenvalue weighted by Crippen LogP contribution is -2.54. The fraction of sp³-hybridized carbons (Fsp3) is 0.545. The van der Waals surface area contributed by atoms with E-state index in [0.717, 1.165) is 13.1 Å². The summed E-state index contributed by atoms with van der Waals surface area (Å²) < 4.78 is 0.619. The van der Waals surface area contributed by atoms with E-state index < -0.39 is 0 Å². The normalized spacial score (nSPS) is 24.1. The predicted molar refractivity (Wildman–Crippen MR) is 72.9 cm³/mol. The Morgan fingerprint density at radius 3 is 3.00 bits per heavy atom. The Balaban J connectivity index is 2.40. The van der Waals surface area contributed by atoms with Gasteiger partial charge in [-0.15, -0.1) is 0 Å². The summed E-state index contributed by atoms with van der Waals surface area (Å²) in [7, 11) is 0. The van der Waals surface area contributed by atoms with Crippen molar-refractivity contribution in [3.8, 4) is 0 Å². The zero-order valence-electron chi connectivity index (χ0n) is 10.3. The van der Waals surface area contributed by atoms with Crippen molar-refractivity contribution in [2.75, 3.05) is 18.0 Å². The van der Waals surface area contributed by atoms with Gasteiger partial charge in [0.15, 0.2) is 0 Å². The largest absolute Gasteiger partial charge is 0.345 e. The molecule has 0 bridgehead atoms. The average molecular weight is 315 g/mol. The van der Waals surface area contributed by atoms with Gasteiger partial charge in [-0.25, -0.2) is 4.98 Å². The second-order valence-corrected chi connectivity index (χ2v) is 5.48. The molecule has 1 aromatic heterocycles. The number of piperazine rings is 1. The Morgan fingerprint density at radius 2 is 2.33 bits per heavy atom. The lowest BCUT2D eigenvalue weighted by molar-refractivity contribution is -0.384. The van der Waals surface area contributed by atoms with Crippen LogP contribution < -0.4 is 10.2 Å². The van der Waals surface area contributed by atoms with E-state index in [4.69, 9.17) is 0 Å². The molecule has 1 aliphatic rings. The molecule has 0 aromatic carbocycles. The van der Waals surface area contributed by atoms with Crippen molar-refractivity contribution in [1.29, 1.82) is 0 Å². The maximum atomic E-state index is 11.1. The van der Waals surface area contributed by atoms with Crippen molar-refractivity contribution < 1.29 is 4.92 Å². The topological polar surface area (TPSA) is 71.3 Å². The molecule has 2 heterocycles. The number of halogens is 1. The summed E-state index contributed by atoms with van der Waals surface area (Å²) in [5.74, 6) is 0.448. The monoisotopic (exact) mass is 314 g/mol. The minimum absolute atomic E-state index is 0.0466. The molecule has 1 saturated heterocycles. The van der Waals surface area contributed by atoms with Crippen molar-refractivity contribution in [3.63, 3.8) is 0 Å². The van der Waals surface area contributed by atoms with Crippen LogP contribution in [0.15, 0.2) is 16.7 Å². The van der Waals surface area contributed by atoms with Crippen molar-refractivity contribution in [3.05, 3.63) is 26.9 Å². The molecule has 0 amide bonds. The van der Waals surface area contributed by atoms with Gasteiger partial charge >= 0.3 is 5.69 Å². The summed E-state index contributed by atoms with van der Waals surface area (Å²) in [4.78, 5) is 16.9. The zero-order valence-corrected chi connectivity index (χ0v) is 11.8. The third kappa shape index (κ3) is 2.62. The van der Waals surface area contributed by atoms with Crippen LogP contribution in [0.2, 0.25) is 0 Å². The molecule has 6 nitrogen and oxygen atoms in total. The first-order chi connectivity index (χ1) is 8.49. The van der Waals surface area contributed by atoms with E-state index >= 15 is 0 Å². The highest BCUT2D eigenvalue weighted by atomic mass is 79.9. The maximum absolute atomic E-state index is 11.1. The van der Waals surface area contributed by atoms with Gasteiger partial charge in [-0.05, 0) is 29.8 Å². The minimum atomic E-state index is -0.382. The third-order valence-corrected chi connectivity index (χ3v) is 3.48. The highest BCUT2D eigenvalue weighted by Crippen LogP contribution is 2.30. The smallest absolute Gasteiger partial charge is 0.312 e. The molecule has 0 spiro atoms. The van der Waals surface area contributed by atoms with E-state index in [1.165, 1.54) is 6.07 Å². The molecule has 1 N–H and O–H groups in total. The zero-order chi connectivity index (χ0) is 13.3. The van der Waals surface area contributed by atoms with Crippen LogP contribution in [0.5, 0.6) is 0 Å². The first kappa shape index (κ1) is 13.2. The van der Waals surface area contributed by atoms with E-state index in [9.17, 15) is 10.1 Å². The molecule has 98 valence electrons. The van der Waals surface area contributed by atoms with Crippen molar-refractivity contribution in [1.82, 2.24) is 10.3 Å². The van der Waals surface area contributed by atoms with Gasteiger partial charge in [0.05, 0.1) is 4.92 Å². The van der Waals surface area contributed by atoms with Crippen LogP contribution >= 0.6 is 15.9 Å². The van der Waals surface area contributed by atoms with E-state index in [2.05, 4.69) is 33.2 Å². The Hall–Kier alpha value is -1.21. The van der Waals surface area contributed by atoms with Crippen LogP contribution in [0.4, 0.5) is 11.5 Å². The van der Waals surface area contributed by atoms with Gasteiger partial charge in [0.1, 0.15) is 0 Å². The Morgan fingerprint density at radius 1 is 1.61 bits per heavy atom. The van der Waals surface area contributed by atoms with Gasteiger partial charge in [0.2, 0.25) is 5.82 Å². The van der Waals surface area contributed by atoms with Crippen molar-refractivity contribution in [2.24, 2.45) is 0 Å². The molecule has 7 heteroatoms. The Kier molecular flexibility index (Phi) is 3.82. The predicted octanol–water partition coefficient (Wildman–Crippen LogP) is 1.94. The summed E-state index contributed by atoms with van der Waals surface area (Å²) in [6.07, 6.45) is 1.60. The highest BCUT2D eigenvalue weighted by Gasteiger charge is 2.29. The lowest BCUT2D eigenvalue weighted by atomic mass is 10.1. The molecular formula is C11H15BrN4O2. The molecule has 2 atom stereocenters. The van der Waals surface area contributed by atoms with Gasteiger partial charge in [-0.1, -0.05) is 0 Å². The second kappa shape index (κ2) is 5.19. The Labute approximate surface area is 114 Å². The van der Waals surface area contributed by atoms with Crippen LogP contribution in [0, 0.1) is 10.1 Å². The quantitative estimate of drug-likeness (QED) is 0.667. The SMILES string of the molecule is CC1CN(c2ncc(Br)cc2[N+](=O)[O-])C(C)CN1. The van der Waals surface area contributed by atoms with Gasteiger partial charge in [0, 0.05) is 41.9 Å². The number of nitrogens with zero attached hydrogens (tertiary/aromatic N) is 3. The number of aromatic nitrogens is 1. The first-order valence-electron chi connectivity index (χ1n) is 5.79. The van der Waals surface area contributed by atoms with Crippen molar-refractivity contribution in [2.45, 2.75) is 25.9 Å². The molecule has 2 unspecified atom stereocenters. The third-order valence-electron chi connectivity index (χ3n) is 3.05. The van der Waals surface area contributed by atoms with E-state index in [-0.39, 0.29) is 16.7 Å². The minimum Gasteiger partial charge on any atom is -0.345 e. The van der Waals surface area contributed by atoms with E-state index in [1.54, 1.807) is 6.20 Å². The number of hydrogen-bond acceptors (Lipinski definition) is 5. The summed E-state index contributed by atoms with van der Waals surface area (Å²) in [6.45, 7) is 5.61. The molecule has 2 rings (SSSR count).